The number of alkyl halides is 3. The molecule has 0 unspecified atom stereocenters. The molecule has 0 saturated heterocycles. The first-order chi connectivity index (χ1) is 17.1. The summed E-state index contributed by atoms with van der Waals surface area (Å²) in [5.41, 5.74) is 1.50. The highest BCUT2D eigenvalue weighted by Gasteiger charge is 2.32. The van der Waals surface area contributed by atoms with Crippen molar-refractivity contribution in [1.82, 2.24) is 25.3 Å². The van der Waals surface area contributed by atoms with Crippen molar-refractivity contribution in [2.24, 2.45) is 0 Å². The van der Waals surface area contributed by atoms with Crippen molar-refractivity contribution >= 4 is 28.8 Å². The van der Waals surface area contributed by atoms with E-state index in [1.54, 1.807) is 18.3 Å². The molecule has 0 bridgehead atoms. The maximum Gasteiger partial charge on any atom is 0.416 e. The van der Waals surface area contributed by atoms with E-state index in [0.29, 0.717) is 10.7 Å². The van der Waals surface area contributed by atoms with Crippen LogP contribution < -0.4 is 10.6 Å². The van der Waals surface area contributed by atoms with Crippen molar-refractivity contribution in [2.45, 2.75) is 26.6 Å². The second kappa shape index (κ2) is 10.2. The van der Waals surface area contributed by atoms with Crippen LogP contribution in [0.5, 0.6) is 0 Å². The number of rotatable bonds is 6. The van der Waals surface area contributed by atoms with Crippen molar-refractivity contribution < 1.29 is 22.8 Å². The molecule has 0 atom stereocenters. The molecule has 3 aromatic heterocycles. The van der Waals surface area contributed by atoms with Crippen molar-refractivity contribution in [2.75, 3.05) is 5.32 Å². The highest BCUT2D eigenvalue weighted by Crippen LogP contribution is 2.33. The number of carbonyl (C=O) groups excluding carboxylic acids is 2. The van der Waals surface area contributed by atoms with Crippen LogP contribution in [0, 0.1) is 13.8 Å². The Kier molecular flexibility index (Phi) is 7.06. The zero-order valence-electron chi connectivity index (χ0n) is 19.1. The lowest BCUT2D eigenvalue weighted by Crippen LogP contribution is -2.23. The minimum Gasteiger partial charge on any atom is -0.344 e. The molecular formula is C24H19F3N6O2S. The number of thiazole rings is 1. The number of pyridine rings is 1. The average Bonchev–Trinajstić information content (AvgIpc) is 3.33. The highest BCUT2D eigenvalue weighted by molar-refractivity contribution is 7.13. The molecule has 3 heterocycles. The summed E-state index contributed by atoms with van der Waals surface area (Å²) in [6, 6.07) is 8.74. The van der Waals surface area contributed by atoms with E-state index in [1.165, 1.54) is 31.6 Å². The number of hydrogen-bond acceptors (Lipinski definition) is 7. The van der Waals surface area contributed by atoms with Crippen molar-refractivity contribution in [3.05, 3.63) is 87.5 Å². The Balaban J connectivity index is 1.39. The molecular weight excluding hydrogens is 493 g/mol. The van der Waals surface area contributed by atoms with Crippen molar-refractivity contribution in [3.63, 3.8) is 0 Å². The molecule has 4 aromatic rings. The normalized spacial score (nSPS) is 11.2. The number of aromatic nitrogens is 4. The summed E-state index contributed by atoms with van der Waals surface area (Å²) in [6.07, 6.45) is -0.273. The summed E-state index contributed by atoms with van der Waals surface area (Å²) in [5, 5.41) is 5.57. The Bertz CT molecular complexity index is 1440. The summed E-state index contributed by atoms with van der Waals surface area (Å²) in [5.74, 6) is -1.06. The Morgan fingerprint density at radius 3 is 2.56 bits per heavy atom. The lowest BCUT2D eigenvalue weighted by Gasteiger charge is -2.12. The number of halogens is 3. The zero-order chi connectivity index (χ0) is 25.9. The van der Waals surface area contributed by atoms with Crippen LogP contribution >= 0.6 is 11.3 Å². The van der Waals surface area contributed by atoms with Gasteiger partial charge < -0.3 is 10.6 Å². The average molecular weight is 513 g/mol. The summed E-state index contributed by atoms with van der Waals surface area (Å²) in [4.78, 5) is 41.8. The molecule has 0 aliphatic carbocycles. The van der Waals surface area contributed by atoms with Crippen LogP contribution in [0.4, 0.5) is 18.9 Å². The van der Waals surface area contributed by atoms with Crippen LogP contribution in [0.3, 0.4) is 0 Å². The third kappa shape index (κ3) is 5.71. The van der Waals surface area contributed by atoms with Gasteiger partial charge in [0, 0.05) is 23.1 Å². The lowest BCUT2D eigenvalue weighted by molar-refractivity contribution is -0.138. The number of nitrogens with one attached hydrogen (secondary N) is 2. The molecule has 12 heteroatoms. The summed E-state index contributed by atoms with van der Waals surface area (Å²) in [6.45, 7) is 3.21. The fourth-order valence-corrected chi connectivity index (χ4v) is 4.08. The predicted octanol–water partition coefficient (Wildman–Crippen LogP) is 4.81. The molecule has 184 valence electrons. The molecule has 0 spiro atoms. The van der Waals surface area contributed by atoms with Gasteiger partial charge in [0.05, 0.1) is 24.0 Å². The Morgan fingerprint density at radius 2 is 1.81 bits per heavy atom. The van der Waals surface area contributed by atoms with Gasteiger partial charge in [0.1, 0.15) is 21.9 Å². The molecule has 1 aromatic carbocycles. The SMILES string of the molecule is Cc1ccc(NC(=O)c2cnc(CNC(=O)c3cc(-c4cccnc4C)ncn3)s2)cc1C(F)(F)F. The van der Waals surface area contributed by atoms with Gasteiger partial charge in [-0.1, -0.05) is 6.07 Å². The van der Waals surface area contributed by atoms with Crippen LogP contribution in [0.1, 0.15) is 42.0 Å². The number of aryl methyl sites for hydroxylation is 2. The van der Waals surface area contributed by atoms with Gasteiger partial charge >= 0.3 is 6.18 Å². The topological polar surface area (TPSA) is 110 Å². The van der Waals surface area contributed by atoms with Gasteiger partial charge in [-0.2, -0.15) is 13.2 Å². The third-order valence-corrected chi connectivity index (χ3v) is 6.16. The van der Waals surface area contributed by atoms with E-state index in [2.05, 4.69) is 30.6 Å². The maximum absolute atomic E-state index is 13.1. The van der Waals surface area contributed by atoms with Gasteiger partial charge in [-0.25, -0.2) is 15.0 Å². The summed E-state index contributed by atoms with van der Waals surface area (Å²) < 4.78 is 39.4. The van der Waals surface area contributed by atoms with E-state index in [4.69, 9.17) is 0 Å². The first-order valence-electron chi connectivity index (χ1n) is 10.6. The fourth-order valence-electron chi connectivity index (χ4n) is 3.33. The first kappa shape index (κ1) is 24.9. The van der Waals surface area contributed by atoms with Crippen molar-refractivity contribution in [1.29, 1.82) is 0 Å². The van der Waals surface area contributed by atoms with E-state index < -0.39 is 23.6 Å². The molecule has 0 fully saturated rings. The van der Waals surface area contributed by atoms with Crippen molar-refractivity contribution in [3.8, 4) is 11.3 Å². The highest BCUT2D eigenvalue weighted by atomic mass is 32.1. The van der Waals surface area contributed by atoms with Crippen LogP contribution in [0.2, 0.25) is 0 Å². The summed E-state index contributed by atoms with van der Waals surface area (Å²) in [7, 11) is 0. The number of nitrogens with zero attached hydrogens (tertiary/aromatic N) is 4. The second-order valence-corrected chi connectivity index (χ2v) is 8.82. The lowest BCUT2D eigenvalue weighted by atomic mass is 10.1. The number of amides is 2. The number of carbonyl (C=O) groups is 2. The molecule has 0 aliphatic rings. The van der Waals surface area contributed by atoms with Gasteiger partial charge in [0.25, 0.3) is 11.8 Å². The summed E-state index contributed by atoms with van der Waals surface area (Å²) >= 11 is 1.01. The zero-order valence-corrected chi connectivity index (χ0v) is 19.9. The van der Waals surface area contributed by atoms with Gasteiger partial charge in [-0.3, -0.25) is 14.6 Å². The standard InChI is InChI=1S/C24H19F3N6O2S/c1-13-5-6-15(8-17(13)24(25,26)27)33-23(35)20-10-29-21(36-20)11-30-22(34)19-9-18(31-12-32-19)16-4-3-7-28-14(16)2/h3-10,12H,11H2,1-2H3,(H,30,34)(H,33,35). The van der Waals surface area contributed by atoms with Crippen LogP contribution in [0.25, 0.3) is 11.3 Å². The minimum atomic E-state index is -4.53. The number of hydrogen-bond donors (Lipinski definition) is 2. The molecule has 2 amide bonds. The smallest absolute Gasteiger partial charge is 0.344 e. The molecule has 2 N–H and O–H groups in total. The third-order valence-electron chi connectivity index (χ3n) is 5.16. The second-order valence-electron chi connectivity index (χ2n) is 7.71. The van der Waals surface area contributed by atoms with Gasteiger partial charge in [-0.05, 0) is 49.7 Å². The molecule has 4 rings (SSSR count). The Hall–Kier alpha value is -4.19. The van der Waals surface area contributed by atoms with Crippen LogP contribution in [-0.2, 0) is 12.7 Å². The van der Waals surface area contributed by atoms with E-state index in [0.717, 1.165) is 28.7 Å². The van der Waals surface area contributed by atoms with Gasteiger partial charge in [-0.15, -0.1) is 11.3 Å². The number of anilines is 1. The van der Waals surface area contributed by atoms with Gasteiger partial charge in [0.15, 0.2) is 0 Å². The quantitative estimate of drug-likeness (QED) is 0.384. The fraction of sp³-hybridized carbons (Fsp3) is 0.167. The molecule has 36 heavy (non-hydrogen) atoms. The van der Waals surface area contributed by atoms with E-state index >= 15 is 0 Å². The molecule has 0 aliphatic heterocycles. The van der Waals surface area contributed by atoms with E-state index in [1.807, 2.05) is 13.0 Å². The van der Waals surface area contributed by atoms with Crippen LogP contribution in [-0.4, -0.2) is 31.8 Å². The van der Waals surface area contributed by atoms with Gasteiger partial charge in [0.2, 0.25) is 0 Å². The van der Waals surface area contributed by atoms with E-state index in [9.17, 15) is 22.8 Å². The van der Waals surface area contributed by atoms with Crippen LogP contribution in [0.15, 0.2) is 55.1 Å². The number of benzene rings is 1. The maximum atomic E-state index is 13.1. The first-order valence-corrected chi connectivity index (χ1v) is 11.4. The minimum absolute atomic E-state index is 0.0181. The molecule has 0 saturated carbocycles. The Morgan fingerprint density at radius 1 is 1.00 bits per heavy atom. The monoisotopic (exact) mass is 512 g/mol. The van der Waals surface area contributed by atoms with E-state index in [-0.39, 0.29) is 28.4 Å². The molecule has 0 radical (unpaired) electrons. The predicted molar refractivity (Wildman–Crippen MR) is 127 cm³/mol. The molecule has 8 nitrogen and oxygen atoms in total. The largest absolute Gasteiger partial charge is 0.416 e. The Labute approximate surface area is 207 Å².